The first-order valence-electron chi connectivity index (χ1n) is 5.82. The summed E-state index contributed by atoms with van der Waals surface area (Å²) in [5.41, 5.74) is -0.782. The van der Waals surface area contributed by atoms with E-state index in [0.717, 1.165) is 4.57 Å². The van der Waals surface area contributed by atoms with Gasteiger partial charge in [-0.2, -0.15) is 4.98 Å². The highest BCUT2D eigenvalue weighted by atomic mass is 16.5. The molecule has 2 aromatic heterocycles. The molecule has 0 saturated carbocycles. The Morgan fingerprint density at radius 1 is 1.53 bits per heavy atom. The Morgan fingerprint density at radius 2 is 2.26 bits per heavy atom. The van der Waals surface area contributed by atoms with Crippen LogP contribution in [0.4, 0.5) is 0 Å². The normalized spacial score (nSPS) is 12.6. The molecule has 2 heterocycles. The topological polar surface area (TPSA) is 106 Å². The van der Waals surface area contributed by atoms with Crippen LogP contribution in [0, 0.1) is 0 Å². The molecule has 0 spiro atoms. The monoisotopic (exact) mass is 265 g/mol. The second-order valence-electron chi connectivity index (χ2n) is 4.28. The van der Waals surface area contributed by atoms with Crippen LogP contribution in [0.25, 0.3) is 11.5 Å². The molecule has 0 radical (unpaired) electrons. The van der Waals surface area contributed by atoms with Gasteiger partial charge in [0, 0.05) is 25.7 Å². The Bertz CT molecular complexity index is 684. The Hall–Kier alpha value is -2.22. The number of hydrogen-bond donors (Lipinski definition) is 2. The summed E-state index contributed by atoms with van der Waals surface area (Å²) in [6.07, 6.45) is 1.87. The van der Waals surface area contributed by atoms with E-state index < -0.39 is 11.2 Å². The SMILES string of the molecule is CNC(C)Cc1noc(-c2c[nH]c(=O)n(C)c2=O)n1. The van der Waals surface area contributed by atoms with Gasteiger partial charge in [0.25, 0.3) is 11.4 Å². The van der Waals surface area contributed by atoms with Crippen molar-refractivity contribution in [3.05, 3.63) is 32.9 Å². The molecule has 1 unspecified atom stereocenters. The fourth-order valence-corrected chi connectivity index (χ4v) is 1.54. The van der Waals surface area contributed by atoms with Crippen molar-refractivity contribution in [3.63, 3.8) is 0 Å². The van der Waals surface area contributed by atoms with Gasteiger partial charge in [-0.05, 0) is 14.0 Å². The standard InChI is InChI=1S/C11H15N5O3/c1-6(12-2)4-8-14-9(19-15-8)7-5-13-11(18)16(3)10(7)17/h5-6,12H,4H2,1-3H3,(H,13,18). The van der Waals surface area contributed by atoms with Crippen molar-refractivity contribution in [1.29, 1.82) is 0 Å². The zero-order valence-electron chi connectivity index (χ0n) is 10.9. The predicted molar refractivity (Wildman–Crippen MR) is 67.8 cm³/mol. The minimum absolute atomic E-state index is 0.107. The highest BCUT2D eigenvalue weighted by Gasteiger charge is 2.15. The molecule has 0 amide bonds. The molecule has 2 N–H and O–H groups in total. The number of nitrogens with zero attached hydrogens (tertiary/aromatic N) is 3. The number of aromatic nitrogens is 4. The van der Waals surface area contributed by atoms with E-state index in [1.54, 1.807) is 0 Å². The average Bonchev–Trinajstić information content (AvgIpc) is 2.84. The molecule has 0 saturated heterocycles. The maximum atomic E-state index is 11.9. The van der Waals surface area contributed by atoms with E-state index in [-0.39, 0.29) is 17.5 Å². The van der Waals surface area contributed by atoms with Crippen LogP contribution >= 0.6 is 0 Å². The number of nitrogens with one attached hydrogen (secondary N) is 2. The fraction of sp³-hybridized carbons (Fsp3) is 0.455. The minimum Gasteiger partial charge on any atom is -0.334 e. The summed E-state index contributed by atoms with van der Waals surface area (Å²) in [5, 5.41) is 6.86. The van der Waals surface area contributed by atoms with E-state index in [0.29, 0.717) is 12.2 Å². The van der Waals surface area contributed by atoms with E-state index in [4.69, 9.17) is 4.52 Å². The van der Waals surface area contributed by atoms with Crippen molar-refractivity contribution in [2.75, 3.05) is 7.05 Å². The molecule has 19 heavy (non-hydrogen) atoms. The molecule has 0 fully saturated rings. The van der Waals surface area contributed by atoms with Crippen LogP contribution in [-0.4, -0.2) is 32.8 Å². The van der Waals surface area contributed by atoms with Crippen LogP contribution in [0.3, 0.4) is 0 Å². The first kappa shape index (κ1) is 13.2. The molecular weight excluding hydrogens is 250 g/mol. The van der Waals surface area contributed by atoms with Gasteiger partial charge in [0.1, 0.15) is 5.56 Å². The van der Waals surface area contributed by atoms with Crippen LogP contribution in [0.5, 0.6) is 0 Å². The summed E-state index contributed by atoms with van der Waals surface area (Å²) in [7, 11) is 3.22. The van der Waals surface area contributed by atoms with Crippen LogP contribution in [0.2, 0.25) is 0 Å². The summed E-state index contributed by atoms with van der Waals surface area (Å²) in [4.78, 5) is 29.7. The van der Waals surface area contributed by atoms with Crippen LogP contribution in [0.1, 0.15) is 12.7 Å². The first-order valence-corrected chi connectivity index (χ1v) is 5.82. The average molecular weight is 265 g/mol. The van der Waals surface area contributed by atoms with Crippen LogP contribution in [0.15, 0.2) is 20.3 Å². The van der Waals surface area contributed by atoms with E-state index in [1.165, 1.54) is 13.2 Å². The Kier molecular flexibility index (Phi) is 3.61. The third-order valence-electron chi connectivity index (χ3n) is 2.86. The highest BCUT2D eigenvalue weighted by molar-refractivity contribution is 5.48. The van der Waals surface area contributed by atoms with E-state index in [1.807, 2.05) is 14.0 Å². The largest absolute Gasteiger partial charge is 0.334 e. The molecule has 0 aromatic carbocycles. The van der Waals surface area contributed by atoms with Crippen molar-refractivity contribution < 1.29 is 4.52 Å². The summed E-state index contributed by atoms with van der Waals surface area (Å²) in [5.74, 6) is 0.611. The number of rotatable bonds is 4. The lowest BCUT2D eigenvalue weighted by molar-refractivity contribution is 0.417. The van der Waals surface area contributed by atoms with Gasteiger partial charge < -0.3 is 14.8 Å². The third-order valence-corrected chi connectivity index (χ3v) is 2.86. The molecule has 0 aliphatic rings. The molecule has 8 nitrogen and oxygen atoms in total. The minimum atomic E-state index is -0.489. The van der Waals surface area contributed by atoms with Gasteiger partial charge in [0.05, 0.1) is 0 Å². The Labute approximate surface area is 108 Å². The molecule has 0 aliphatic heterocycles. The van der Waals surface area contributed by atoms with Gasteiger partial charge in [-0.15, -0.1) is 0 Å². The number of hydrogen-bond acceptors (Lipinski definition) is 6. The molecule has 2 rings (SSSR count). The van der Waals surface area contributed by atoms with E-state index in [9.17, 15) is 9.59 Å². The summed E-state index contributed by atoms with van der Waals surface area (Å²) in [6.45, 7) is 1.98. The maximum Gasteiger partial charge on any atom is 0.328 e. The van der Waals surface area contributed by atoms with E-state index >= 15 is 0 Å². The quantitative estimate of drug-likeness (QED) is 0.755. The zero-order chi connectivity index (χ0) is 14.0. The summed E-state index contributed by atoms with van der Waals surface area (Å²) >= 11 is 0. The number of H-pyrrole nitrogens is 1. The summed E-state index contributed by atoms with van der Waals surface area (Å²) in [6, 6.07) is 0.198. The zero-order valence-corrected chi connectivity index (χ0v) is 10.9. The first-order chi connectivity index (χ1) is 9.02. The van der Waals surface area contributed by atoms with Gasteiger partial charge in [0.15, 0.2) is 5.82 Å². The lowest BCUT2D eigenvalue weighted by Crippen LogP contribution is -2.33. The van der Waals surface area contributed by atoms with Crippen molar-refractivity contribution in [3.8, 4) is 11.5 Å². The molecule has 2 aromatic rings. The van der Waals surface area contributed by atoms with Crippen molar-refractivity contribution in [1.82, 2.24) is 25.0 Å². The Balaban J connectivity index is 2.36. The smallest absolute Gasteiger partial charge is 0.328 e. The van der Waals surface area contributed by atoms with Gasteiger partial charge in [0.2, 0.25) is 0 Å². The predicted octanol–water partition coefficient (Wildman–Crippen LogP) is -0.726. The second-order valence-corrected chi connectivity index (χ2v) is 4.28. The highest BCUT2D eigenvalue weighted by Crippen LogP contribution is 2.11. The van der Waals surface area contributed by atoms with Crippen molar-refractivity contribution >= 4 is 0 Å². The van der Waals surface area contributed by atoms with Gasteiger partial charge in [-0.1, -0.05) is 5.16 Å². The molecular formula is C11H15N5O3. The summed E-state index contributed by atoms with van der Waals surface area (Å²) < 4.78 is 6.00. The van der Waals surface area contributed by atoms with E-state index in [2.05, 4.69) is 20.4 Å². The molecule has 0 aliphatic carbocycles. The number of aromatic amines is 1. The fourth-order valence-electron chi connectivity index (χ4n) is 1.54. The van der Waals surface area contributed by atoms with Crippen LogP contribution in [-0.2, 0) is 13.5 Å². The second kappa shape index (κ2) is 5.19. The Morgan fingerprint density at radius 3 is 2.95 bits per heavy atom. The molecule has 0 bridgehead atoms. The molecule has 8 heteroatoms. The third kappa shape index (κ3) is 2.63. The number of likely N-dealkylation sites (N-methyl/N-ethyl adjacent to an activating group) is 1. The maximum absolute atomic E-state index is 11.9. The van der Waals surface area contributed by atoms with Gasteiger partial charge >= 0.3 is 5.69 Å². The molecule has 102 valence electrons. The van der Waals surface area contributed by atoms with Crippen LogP contribution < -0.4 is 16.6 Å². The lowest BCUT2D eigenvalue weighted by Gasteiger charge is -2.04. The van der Waals surface area contributed by atoms with Crippen molar-refractivity contribution in [2.24, 2.45) is 7.05 Å². The van der Waals surface area contributed by atoms with Gasteiger partial charge in [-0.25, -0.2) is 4.79 Å². The lowest BCUT2D eigenvalue weighted by atomic mass is 10.2. The van der Waals surface area contributed by atoms with Gasteiger partial charge in [-0.3, -0.25) is 9.36 Å². The van der Waals surface area contributed by atoms with Crippen molar-refractivity contribution in [2.45, 2.75) is 19.4 Å². The molecule has 1 atom stereocenters.